The first kappa shape index (κ1) is 15.4. The van der Waals surface area contributed by atoms with Gasteiger partial charge in [0, 0.05) is 25.0 Å². The van der Waals surface area contributed by atoms with Crippen LogP contribution in [0.1, 0.15) is 51.9 Å². The summed E-state index contributed by atoms with van der Waals surface area (Å²) >= 11 is 0. The van der Waals surface area contributed by atoms with Crippen LogP contribution in [-0.2, 0) is 9.59 Å². The molecule has 1 aliphatic heterocycles. The summed E-state index contributed by atoms with van der Waals surface area (Å²) in [4.78, 5) is 27.6. The Morgan fingerprint density at radius 1 is 1.35 bits per heavy atom. The topological polar surface area (TPSA) is 66.6 Å². The van der Waals surface area contributed by atoms with Gasteiger partial charge in [0.25, 0.3) is 0 Å². The number of nitrogens with zero attached hydrogens (tertiary/aromatic N) is 2. The highest BCUT2D eigenvalue weighted by Gasteiger charge is 2.30. The second-order valence-corrected chi connectivity index (χ2v) is 6.08. The predicted molar refractivity (Wildman–Crippen MR) is 78.0 cm³/mol. The van der Waals surface area contributed by atoms with Gasteiger partial charge in [-0.2, -0.15) is 0 Å². The van der Waals surface area contributed by atoms with Crippen molar-refractivity contribution in [2.24, 2.45) is 5.73 Å². The lowest BCUT2D eigenvalue weighted by Crippen LogP contribution is -2.47. The average molecular weight is 281 g/mol. The van der Waals surface area contributed by atoms with Crippen LogP contribution in [0.25, 0.3) is 0 Å². The molecule has 1 saturated heterocycles. The third kappa shape index (κ3) is 3.79. The van der Waals surface area contributed by atoms with Crippen molar-refractivity contribution in [2.45, 2.75) is 64.0 Å². The highest BCUT2D eigenvalue weighted by Crippen LogP contribution is 2.22. The van der Waals surface area contributed by atoms with Crippen LogP contribution >= 0.6 is 0 Å². The number of hydrogen-bond acceptors (Lipinski definition) is 4. The second-order valence-electron chi connectivity index (χ2n) is 6.08. The van der Waals surface area contributed by atoms with Crippen LogP contribution in [0, 0.1) is 0 Å². The molecule has 2 amide bonds. The molecule has 0 aromatic carbocycles. The maximum Gasteiger partial charge on any atom is 0.243 e. The summed E-state index contributed by atoms with van der Waals surface area (Å²) in [6, 6.07) is 0.780. The monoisotopic (exact) mass is 281 g/mol. The van der Waals surface area contributed by atoms with Gasteiger partial charge in [0.2, 0.25) is 11.8 Å². The maximum absolute atomic E-state index is 12.3. The van der Waals surface area contributed by atoms with E-state index in [1.807, 2.05) is 0 Å². The van der Waals surface area contributed by atoms with Crippen LogP contribution in [0.2, 0.25) is 0 Å². The molecule has 2 fully saturated rings. The second kappa shape index (κ2) is 7.18. The molecule has 5 heteroatoms. The van der Waals surface area contributed by atoms with Gasteiger partial charge in [-0.05, 0) is 45.1 Å². The zero-order valence-corrected chi connectivity index (χ0v) is 12.5. The highest BCUT2D eigenvalue weighted by molar-refractivity contribution is 5.97. The van der Waals surface area contributed by atoms with Crippen LogP contribution < -0.4 is 5.73 Å². The molecular formula is C15H27N3O2. The van der Waals surface area contributed by atoms with E-state index in [4.69, 9.17) is 5.73 Å². The fraction of sp³-hybridized carbons (Fsp3) is 0.867. The van der Waals surface area contributed by atoms with Gasteiger partial charge in [-0.1, -0.05) is 6.92 Å². The van der Waals surface area contributed by atoms with Crippen molar-refractivity contribution in [2.75, 3.05) is 19.6 Å². The standard InChI is InChI=1S/C15H27N3O2/c1-2-9-17(13-7-5-12(16)6-8-13)11-15(20)18-10-3-4-14(18)19/h12-13H,2-11,16H2,1H3. The lowest BCUT2D eigenvalue weighted by molar-refractivity contribution is -0.143. The van der Waals surface area contributed by atoms with Crippen molar-refractivity contribution in [1.29, 1.82) is 0 Å². The normalized spacial score (nSPS) is 27.4. The van der Waals surface area contributed by atoms with Gasteiger partial charge in [-0.3, -0.25) is 19.4 Å². The molecule has 1 saturated carbocycles. The molecule has 2 N–H and O–H groups in total. The molecule has 2 aliphatic rings. The summed E-state index contributed by atoms with van der Waals surface area (Å²) in [6.45, 7) is 4.05. The minimum absolute atomic E-state index is 0.00267. The number of rotatable bonds is 5. The first-order chi connectivity index (χ1) is 9.61. The highest BCUT2D eigenvalue weighted by atomic mass is 16.2. The van der Waals surface area contributed by atoms with E-state index in [2.05, 4.69) is 11.8 Å². The Labute approximate surface area is 121 Å². The summed E-state index contributed by atoms with van der Waals surface area (Å²) in [5.74, 6) is -0.0204. The van der Waals surface area contributed by atoms with Gasteiger partial charge in [-0.25, -0.2) is 0 Å². The number of imide groups is 1. The van der Waals surface area contributed by atoms with Crippen molar-refractivity contribution >= 4 is 11.8 Å². The Balaban J connectivity index is 1.91. The van der Waals surface area contributed by atoms with E-state index >= 15 is 0 Å². The van der Waals surface area contributed by atoms with Crippen molar-refractivity contribution < 1.29 is 9.59 Å². The lowest BCUT2D eigenvalue weighted by Gasteiger charge is -2.36. The van der Waals surface area contributed by atoms with E-state index in [1.165, 1.54) is 4.90 Å². The van der Waals surface area contributed by atoms with E-state index < -0.39 is 0 Å². The first-order valence-electron chi connectivity index (χ1n) is 7.94. The van der Waals surface area contributed by atoms with E-state index in [0.717, 1.165) is 45.1 Å². The third-order valence-electron chi connectivity index (χ3n) is 4.48. The molecule has 5 nitrogen and oxygen atoms in total. The molecule has 20 heavy (non-hydrogen) atoms. The van der Waals surface area contributed by atoms with Gasteiger partial charge >= 0.3 is 0 Å². The molecule has 0 radical (unpaired) electrons. The molecule has 0 aromatic rings. The maximum atomic E-state index is 12.3. The summed E-state index contributed by atoms with van der Waals surface area (Å²) in [7, 11) is 0. The van der Waals surface area contributed by atoms with E-state index in [-0.39, 0.29) is 11.8 Å². The third-order valence-corrected chi connectivity index (χ3v) is 4.48. The van der Waals surface area contributed by atoms with Crippen molar-refractivity contribution in [3.63, 3.8) is 0 Å². The fourth-order valence-electron chi connectivity index (χ4n) is 3.32. The molecule has 114 valence electrons. The van der Waals surface area contributed by atoms with Crippen LogP contribution in [0.4, 0.5) is 0 Å². The van der Waals surface area contributed by atoms with Crippen LogP contribution in [0.3, 0.4) is 0 Å². The molecule has 0 spiro atoms. The van der Waals surface area contributed by atoms with E-state index in [1.54, 1.807) is 0 Å². The summed E-state index contributed by atoms with van der Waals surface area (Å²) in [5.41, 5.74) is 5.95. The largest absolute Gasteiger partial charge is 0.328 e. The molecule has 1 aliphatic carbocycles. The number of carbonyl (C=O) groups is 2. The Morgan fingerprint density at radius 2 is 2.05 bits per heavy atom. The fourth-order valence-corrected chi connectivity index (χ4v) is 3.32. The summed E-state index contributed by atoms with van der Waals surface area (Å²) in [6.07, 6.45) is 6.60. The Kier molecular flexibility index (Phi) is 5.54. The quantitative estimate of drug-likeness (QED) is 0.820. The molecule has 0 aromatic heterocycles. The van der Waals surface area contributed by atoms with Crippen LogP contribution in [-0.4, -0.2) is 53.3 Å². The molecule has 0 atom stereocenters. The molecule has 2 rings (SSSR count). The van der Waals surface area contributed by atoms with Crippen molar-refractivity contribution in [3.05, 3.63) is 0 Å². The van der Waals surface area contributed by atoms with E-state index in [9.17, 15) is 9.59 Å². The minimum atomic E-state index is -0.0178. The predicted octanol–water partition coefficient (Wildman–Crippen LogP) is 1.12. The van der Waals surface area contributed by atoms with Gasteiger partial charge in [-0.15, -0.1) is 0 Å². The SMILES string of the molecule is CCCN(CC(=O)N1CCCC1=O)C1CCC(N)CC1. The Hall–Kier alpha value is -0.940. The van der Waals surface area contributed by atoms with E-state index in [0.29, 0.717) is 31.6 Å². The molecule has 1 heterocycles. The Morgan fingerprint density at radius 3 is 2.60 bits per heavy atom. The van der Waals surface area contributed by atoms with Crippen LogP contribution in [0.15, 0.2) is 0 Å². The number of amides is 2. The number of likely N-dealkylation sites (tertiary alicyclic amines) is 1. The lowest BCUT2D eigenvalue weighted by atomic mass is 9.90. The van der Waals surface area contributed by atoms with Gasteiger partial charge in [0.05, 0.1) is 6.54 Å². The minimum Gasteiger partial charge on any atom is -0.328 e. The Bertz CT molecular complexity index is 351. The number of nitrogens with two attached hydrogens (primary N) is 1. The summed E-state index contributed by atoms with van der Waals surface area (Å²) in [5, 5.41) is 0. The molecule has 0 bridgehead atoms. The van der Waals surface area contributed by atoms with Crippen molar-refractivity contribution in [3.8, 4) is 0 Å². The number of hydrogen-bond donors (Lipinski definition) is 1. The average Bonchev–Trinajstić information content (AvgIpc) is 2.85. The zero-order chi connectivity index (χ0) is 14.5. The van der Waals surface area contributed by atoms with Crippen LogP contribution in [0.5, 0.6) is 0 Å². The first-order valence-corrected chi connectivity index (χ1v) is 7.94. The van der Waals surface area contributed by atoms with Gasteiger partial charge in [0.1, 0.15) is 0 Å². The zero-order valence-electron chi connectivity index (χ0n) is 12.5. The molecular weight excluding hydrogens is 254 g/mol. The smallest absolute Gasteiger partial charge is 0.243 e. The van der Waals surface area contributed by atoms with Crippen molar-refractivity contribution in [1.82, 2.24) is 9.80 Å². The van der Waals surface area contributed by atoms with Gasteiger partial charge < -0.3 is 5.73 Å². The molecule has 0 unspecified atom stereocenters. The number of carbonyl (C=O) groups excluding carboxylic acids is 2. The van der Waals surface area contributed by atoms with Gasteiger partial charge in [0.15, 0.2) is 0 Å². The summed E-state index contributed by atoms with van der Waals surface area (Å²) < 4.78 is 0.